The minimum atomic E-state index is -1.05. The molecule has 0 bridgehead atoms. The van der Waals surface area contributed by atoms with E-state index in [2.05, 4.69) is 5.32 Å². The molecule has 1 aromatic heterocycles. The van der Waals surface area contributed by atoms with Gasteiger partial charge in [0.2, 0.25) is 5.91 Å². The van der Waals surface area contributed by atoms with E-state index in [1.165, 1.54) is 13.0 Å². The Morgan fingerprint density at radius 1 is 1.62 bits per heavy atom. The number of nitrogens with one attached hydrogen (secondary N) is 1. The number of amides is 1. The van der Waals surface area contributed by atoms with Gasteiger partial charge in [-0.2, -0.15) is 0 Å². The first-order chi connectivity index (χ1) is 6.00. The Hall–Kier alpha value is -1.56. The van der Waals surface area contributed by atoms with Gasteiger partial charge in [0, 0.05) is 6.92 Å². The van der Waals surface area contributed by atoms with Gasteiger partial charge in [0.1, 0.15) is 9.88 Å². The highest BCUT2D eigenvalue weighted by Crippen LogP contribution is 2.30. The minimum Gasteiger partial charge on any atom is -0.477 e. The lowest BCUT2D eigenvalue weighted by molar-refractivity contribution is -0.114. The van der Waals surface area contributed by atoms with E-state index in [4.69, 9.17) is 10.8 Å². The molecular weight excluding hydrogens is 192 g/mol. The summed E-state index contributed by atoms with van der Waals surface area (Å²) in [6.07, 6.45) is 0. The maximum absolute atomic E-state index is 10.6. The van der Waals surface area contributed by atoms with E-state index in [1.807, 2.05) is 0 Å². The van der Waals surface area contributed by atoms with E-state index in [1.54, 1.807) is 0 Å². The molecule has 0 saturated heterocycles. The molecule has 70 valence electrons. The summed E-state index contributed by atoms with van der Waals surface area (Å²) in [5.74, 6) is -1.32. The van der Waals surface area contributed by atoms with Crippen molar-refractivity contribution < 1.29 is 14.7 Å². The van der Waals surface area contributed by atoms with Crippen LogP contribution in [0.25, 0.3) is 0 Å². The van der Waals surface area contributed by atoms with E-state index < -0.39 is 5.97 Å². The zero-order chi connectivity index (χ0) is 10.0. The Balaban J connectivity index is 2.96. The summed E-state index contributed by atoms with van der Waals surface area (Å²) in [7, 11) is 0. The number of nitrogen functional groups attached to an aromatic ring is 1. The Labute approximate surface area is 78.2 Å². The summed E-state index contributed by atoms with van der Waals surface area (Å²) in [5, 5.41) is 11.4. The lowest BCUT2D eigenvalue weighted by atomic mass is 10.4. The van der Waals surface area contributed by atoms with Gasteiger partial charge in [-0.15, -0.1) is 11.3 Å². The molecule has 1 rings (SSSR count). The molecule has 13 heavy (non-hydrogen) atoms. The molecule has 5 nitrogen and oxygen atoms in total. The summed E-state index contributed by atoms with van der Waals surface area (Å²) in [6, 6.07) is 1.32. The summed E-state index contributed by atoms with van der Waals surface area (Å²) >= 11 is 0.939. The van der Waals surface area contributed by atoms with Crippen LogP contribution in [0.15, 0.2) is 6.07 Å². The molecule has 6 heteroatoms. The van der Waals surface area contributed by atoms with Crippen LogP contribution in [0.2, 0.25) is 0 Å². The van der Waals surface area contributed by atoms with Crippen molar-refractivity contribution in [2.24, 2.45) is 0 Å². The maximum Gasteiger partial charge on any atom is 0.346 e. The molecule has 0 atom stereocenters. The lowest BCUT2D eigenvalue weighted by Gasteiger charge is -1.96. The number of aromatic carboxylic acids is 1. The van der Waals surface area contributed by atoms with Gasteiger partial charge in [-0.1, -0.05) is 0 Å². The Kier molecular flexibility index (Phi) is 2.52. The number of thiophene rings is 1. The van der Waals surface area contributed by atoms with Crippen molar-refractivity contribution in [1.82, 2.24) is 0 Å². The second-order valence-electron chi connectivity index (χ2n) is 2.38. The summed E-state index contributed by atoms with van der Waals surface area (Å²) in [6.45, 7) is 1.33. The van der Waals surface area contributed by atoms with Gasteiger partial charge in [0.05, 0.1) is 5.69 Å². The van der Waals surface area contributed by atoms with Gasteiger partial charge in [0.25, 0.3) is 0 Å². The number of anilines is 2. The normalized spacial score (nSPS) is 9.62. The average Bonchev–Trinajstić information content (AvgIpc) is 2.31. The molecule has 0 spiro atoms. The van der Waals surface area contributed by atoms with Crippen molar-refractivity contribution in [3.05, 3.63) is 10.9 Å². The lowest BCUT2D eigenvalue weighted by Crippen LogP contribution is -2.05. The van der Waals surface area contributed by atoms with Crippen LogP contribution >= 0.6 is 11.3 Å². The van der Waals surface area contributed by atoms with Crippen molar-refractivity contribution in [2.75, 3.05) is 11.1 Å². The summed E-state index contributed by atoms with van der Waals surface area (Å²) < 4.78 is 0. The van der Waals surface area contributed by atoms with E-state index >= 15 is 0 Å². The number of carboxylic acid groups (broad SMARTS) is 1. The van der Waals surface area contributed by atoms with Crippen molar-refractivity contribution >= 4 is 33.9 Å². The van der Waals surface area contributed by atoms with Crippen LogP contribution in [0.3, 0.4) is 0 Å². The van der Waals surface area contributed by atoms with Crippen LogP contribution in [-0.4, -0.2) is 17.0 Å². The van der Waals surface area contributed by atoms with Crippen molar-refractivity contribution in [3.63, 3.8) is 0 Å². The van der Waals surface area contributed by atoms with Gasteiger partial charge in [-0.3, -0.25) is 4.79 Å². The largest absolute Gasteiger partial charge is 0.477 e. The first kappa shape index (κ1) is 9.53. The third-order valence-corrected chi connectivity index (χ3v) is 2.32. The predicted molar refractivity (Wildman–Crippen MR) is 50.0 cm³/mol. The Morgan fingerprint density at radius 2 is 2.23 bits per heavy atom. The van der Waals surface area contributed by atoms with Crippen LogP contribution in [-0.2, 0) is 4.79 Å². The molecule has 0 aliphatic rings. The molecule has 0 radical (unpaired) electrons. The zero-order valence-electron chi connectivity index (χ0n) is 6.83. The van der Waals surface area contributed by atoms with E-state index in [0.717, 1.165) is 11.3 Å². The molecule has 4 N–H and O–H groups in total. The number of nitrogens with two attached hydrogens (primary N) is 1. The van der Waals surface area contributed by atoms with Crippen molar-refractivity contribution in [2.45, 2.75) is 6.92 Å². The smallest absolute Gasteiger partial charge is 0.346 e. The molecule has 0 unspecified atom stereocenters. The van der Waals surface area contributed by atoms with E-state index in [-0.39, 0.29) is 16.5 Å². The second kappa shape index (κ2) is 3.44. The third-order valence-electron chi connectivity index (χ3n) is 1.26. The number of hydrogen-bond donors (Lipinski definition) is 3. The fraction of sp³-hybridized carbons (Fsp3) is 0.143. The summed E-state index contributed by atoms with van der Waals surface area (Å²) in [5.41, 5.74) is 5.74. The highest BCUT2D eigenvalue weighted by Gasteiger charge is 2.11. The fourth-order valence-corrected chi connectivity index (χ4v) is 1.63. The number of hydrogen-bond acceptors (Lipinski definition) is 4. The van der Waals surface area contributed by atoms with Crippen LogP contribution in [0, 0.1) is 0 Å². The minimum absolute atomic E-state index is 0.112. The second-order valence-corrected chi connectivity index (χ2v) is 3.43. The predicted octanol–water partition coefficient (Wildman–Crippen LogP) is 0.987. The SMILES string of the molecule is CC(=O)Nc1sc(C(=O)O)cc1N. The number of carbonyl (C=O) groups excluding carboxylic acids is 1. The van der Waals surface area contributed by atoms with Gasteiger partial charge in [-0.05, 0) is 6.07 Å². The maximum atomic E-state index is 10.6. The van der Waals surface area contributed by atoms with Crippen molar-refractivity contribution in [3.8, 4) is 0 Å². The molecule has 0 fully saturated rings. The van der Waals surface area contributed by atoms with Crippen LogP contribution < -0.4 is 11.1 Å². The zero-order valence-corrected chi connectivity index (χ0v) is 7.64. The van der Waals surface area contributed by atoms with Gasteiger partial charge >= 0.3 is 5.97 Å². The fourth-order valence-electron chi connectivity index (χ4n) is 0.768. The van der Waals surface area contributed by atoms with Crippen LogP contribution in [0.4, 0.5) is 10.7 Å². The number of carboxylic acids is 1. The molecule has 0 aromatic carbocycles. The number of rotatable bonds is 2. The van der Waals surface area contributed by atoms with Crippen molar-refractivity contribution in [1.29, 1.82) is 0 Å². The molecule has 1 aromatic rings. The molecule has 0 aliphatic carbocycles. The van der Waals surface area contributed by atoms with Gasteiger partial charge in [0.15, 0.2) is 0 Å². The van der Waals surface area contributed by atoms with E-state index in [0.29, 0.717) is 5.00 Å². The molecule has 1 heterocycles. The van der Waals surface area contributed by atoms with Gasteiger partial charge in [-0.25, -0.2) is 4.79 Å². The topological polar surface area (TPSA) is 92.4 Å². The van der Waals surface area contributed by atoms with Gasteiger partial charge < -0.3 is 16.2 Å². The molecular formula is C7H8N2O3S. The highest BCUT2D eigenvalue weighted by atomic mass is 32.1. The number of carbonyl (C=O) groups is 2. The van der Waals surface area contributed by atoms with Crippen LogP contribution in [0.1, 0.15) is 16.6 Å². The highest BCUT2D eigenvalue weighted by molar-refractivity contribution is 7.18. The standard InChI is InChI=1S/C7H8N2O3S/c1-3(10)9-6-4(8)2-5(13-6)7(11)12/h2H,8H2,1H3,(H,9,10)(H,11,12). The molecule has 1 amide bonds. The third kappa shape index (κ3) is 2.19. The quantitative estimate of drug-likeness (QED) is 0.663. The summed E-state index contributed by atoms with van der Waals surface area (Å²) in [4.78, 5) is 21.2. The Morgan fingerprint density at radius 3 is 2.62 bits per heavy atom. The van der Waals surface area contributed by atoms with E-state index in [9.17, 15) is 9.59 Å². The molecule has 0 saturated carbocycles. The Bertz CT molecular complexity index is 359. The monoisotopic (exact) mass is 200 g/mol. The molecule has 0 aliphatic heterocycles. The van der Waals surface area contributed by atoms with Crippen LogP contribution in [0.5, 0.6) is 0 Å². The first-order valence-corrected chi connectivity index (χ1v) is 4.22. The first-order valence-electron chi connectivity index (χ1n) is 3.41. The average molecular weight is 200 g/mol.